The lowest BCUT2D eigenvalue weighted by Crippen LogP contribution is -2.51. The molecular weight excluding hydrogens is 511 g/mol. The number of alkyl halides is 3. The zero-order valence-corrected chi connectivity index (χ0v) is 20.7. The Morgan fingerprint density at radius 2 is 1.65 bits per heavy atom. The van der Waals surface area contributed by atoms with Gasteiger partial charge >= 0.3 is 6.18 Å². The third kappa shape index (κ3) is 9.05. The number of rotatable bonds is 13. The number of halogens is 3. The van der Waals surface area contributed by atoms with E-state index in [1.54, 1.807) is 30.3 Å². The highest BCUT2D eigenvalue weighted by Crippen LogP contribution is 2.23. The van der Waals surface area contributed by atoms with Crippen LogP contribution in [0.1, 0.15) is 40.5 Å². The number of anilines is 1. The zero-order valence-electron chi connectivity index (χ0n) is 19.9. The van der Waals surface area contributed by atoms with Gasteiger partial charge in [0.15, 0.2) is 5.78 Å². The molecule has 0 aliphatic heterocycles. The van der Waals surface area contributed by atoms with Crippen LogP contribution in [0.5, 0.6) is 0 Å². The summed E-state index contributed by atoms with van der Waals surface area (Å²) in [6.07, 6.45) is -4.78. The molecule has 0 aromatic heterocycles. The summed E-state index contributed by atoms with van der Waals surface area (Å²) in [7, 11) is 0. The molecule has 37 heavy (non-hydrogen) atoms. The van der Waals surface area contributed by atoms with Gasteiger partial charge in [0.2, 0.25) is 17.6 Å². The molecule has 2 rings (SSSR count). The lowest BCUT2D eigenvalue weighted by atomic mass is 10.1. The number of nitrogens with two attached hydrogens (primary N) is 1. The standard InChI is InChI=1S/C25H26F3N3O5S/c1-16(32)18-9-5-10-19(13-18)31(22(34)14-30-24(36)17-7-3-2-4-8-17)20(23(29)35)11-6-12-37-15-21(33)25(26,27)28/h2-5,7-10,13,20H,6,11-12,14-15H2,1H3,(H2,29,35)(H,30,36)/t20-/m0/s1. The molecule has 0 aliphatic rings. The fourth-order valence-corrected chi connectivity index (χ4v) is 4.19. The maximum atomic E-state index is 13.2. The topological polar surface area (TPSA) is 127 Å². The molecule has 8 nitrogen and oxygen atoms in total. The van der Waals surface area contributed by atoms with Gasteiger partial charge in [-0.05, 0) is 49.8 Å². The molecule has 0 bridgehead atoms. The van der Waals surface area contributed by atoms with Gasteiger partial charge in [0.25, 0.3) is 5.91 Å². The normalized spacial score (nSPS) is 11.9. The molecule has 198 valence electrons. The van der Waals surface area contributed by atoms with Crippen molar-refractivity contribution in [3.63, 3.8) is 0 Å². The van der Waals surface area contributed by atoms with Crippen molar-refractivity contribution < 1.29 is 37.1 Å². The van der Waals surface area contributed by atoms with Crippen molar-refractivity contribution in [3.8, 4) is 0 Å². The van der Waals surface area contributed by atoms with Crippen molar-refractivity contribution in [2.45, 2.75) is 32.0 Å². The van der Waals surface area contributed by atoms with Crippen LogP contribution in [-0.4, -0.2) is 59.6 Å². The van der Waals surface area contributed by atoms with Crippen LogP contribution >= 0.6 is 11.8 Å². The quantitative estimate of drug-likeness (QED) is 0.299. The van der Waals surface area contributed by atoms with Gasteiger partial charge in [-0.3, -0.25) is 28.9 Å². The summed E-state index contributed by atoms with van der Waals surface area (Å²) in [4.78, 5) is 62.0. The maximum absolute atomic E-state index is 13.2. The molecule has 1 atom stereocenters. The first-order valence-electron chi connectivity index (χ1n) is 11.1. The van der Waals surface area contributed by atoms with Crippen molar-refractivity contribution in [3.05, 3.63) is 65.7 Å². The summed E-state index contributed by atoms with van der Waals surface area (Å²) in [5, 5.41) is 2.49. The van der Waals surface area contributed by atoms with Gasteiger partial charge in [-0.15, -0.1) is 0 Å². The lowest BCUT2D eigenvalue weighted by Gasteiger charge is -2.30. The molecule has 2 aromatic rings. The number of hydrogen-bond donors (Lipinski definition) is 2. The van der Waals surface area contributed by atoms with Crippen LogP contribution in [-0.2, 0) is 14.4 Å². The molecule has 3 N–H and O–H groups in total. The van der Waals surface area contributed by atoms with Gasteiger partial charge in [-0.25, -0.2) is 0 Å². The second-order valence-electron chi connectivity index (χ2n) is 7.95. The Morgan fingerprint density at radius 1 is 1.00 bits per heavy atom. The SMILES string of the molecule is CC(=O)c1cccc(N(C(=O)CNC(=O)c2ccccc2)[C@@H](CCCSCC(=O)C(F)(F)F)C(N)=O)c1. The maximum Gasteiger partial charge on any atom is 0.450 e. The van der Waals surface area contributed by atoms with Crippen LogP contribution in [0, 0.1) is 0 Å². The molecule has 0 radical (unpaired) electrons. The van der Waals surface area contributed by atoms with Gasteiger partial charge in [0.05, 0.1) is 12.3 Å². The van der Waals surface area contributed by atoms with Gasteiger partial charge in [-0.1, -0.05) is 30.3 Å². The first kappa shape index (κ1) is 29.6. The Morgan fingerprint density at radius 3 is 2.24 bits per heavy atom. The Bertz CT molecular complexity index is 1140. The number of carbonyl (C=O) groups is 5. The van der Waals surface area contributed by atoms with E-state index in [0.29, 0.717) is 5.56 Å². The third-order valence-electron chi connectivity index (χ3n) is 5.19. The van der Waals surface area contributed by atoms with Gasteiger partial charge in [0, 0.05) is 16.8 Å². The molecule has 12 heteroatoms. The molecule has 0 aliphatic carbocycles. The number of nitrogens with zero attached hydrogens (tertiary/aromatic N) is 1. The van der Waals surface area contributed by atoms with E-state index in [1.807, 2.05) is 0 Å². The average molecular weight is 538 g/mol. The van der Waals surface area contributed by atoms with Crippen molar-refractivity contribution in [2.75, 3.05) is 23.0 Å². The zero-order chi connectivity index (χ0) is 27.6. The van der Waals surface area contributed by atoms with Crippen molar-refractivity contribution >= 4 is 46.7 Å². The van der Waals surface area contributed by atoms with Crippen LogP contribution < -0.4 is 16.0 Å². The average Bonchev–Trinajstić information content (AvgIpc) is 2.86. The highest BCUT2D eigenvalue weighted by Gasteiger charge is 2.37. The van der Waals surface area contributed by atoms with E-state index in [2.05, 4.69) is 5.32 Å². The van der Waals surface area contributed by atoms with E-state index in [9.17, 15) is 37.1 Å². The monoisotopic (exact) mass is 537 g/mol. The molecule has 2 aromatic carbocycles. The number of amides is 3. The summed E-state index contributed by atoms with van der Waals surface area (Å²) in [5.41, 5.74) is 6.36. The Balaban J connectivity index is 2.19. The minimum Gasteiger partial charge on any atom is -0.368 e. The number of ketones is 2. The van der Waals surface area contributed by atoms with Crippen molar-refractivity contribution in [2.24, 2.45) is 5.73 Å². The van der Waals surface area contributed by atoms with Crippen LogP contribution in [0.4, 0.5) is 18.9 Å². The number of thioether (sulfide) groups is 1. The minimum absolute atomic E-state index is 0.0226. The number of carbonyl (C=O) groups excluding carboxylic acids is 5. The number of primary amides is 1. The summed E-state index contributed by atoms with van der Waals surface area (Å²) < 4.78 is 37.1. The predicted molar refractivity (Wildman–Crippen MR) is 133 cm³/mol. The van der Waals surface area contributed by atoms with Crippen LogP contribution in [0.2, 0.25) is 0 Å². The number of hydrogen-bond acceptors (Lipinski definition) is 6. The molecule has 3 amide bonds. The summed E-state index contributed by atoms with van der Waals surface area (Å²) in [6, 6.07) is 12.9. The highest BCUT2D eigenvalue weighted by molar-refractivity contribution is 7.99. The van der Waals surface area contributed by atoms with E-state index >= 15 is 0 Å². The first-order chi connectivity index (χ1) is 17.4. The van der Waals surface area contributed by atoms with Crippen LogP contribution in [0.3, 0.4) is 0 Å². The molecule has 0 spiro atoms. The molecular formula is C25H26F3N3O5S. The van der Waals surface area contributed by atoms with E-state index in [0.717, 1.165) is 16.7 Å². The molecule has 0 heterocycles. The summed E-state index contributed by atoms with van der Waals surface area (Å²) >= 11 is 0.749. The Labute approximate surface area is 215 Å². The molecule has 0 fully saturated rings. The third-order valence-corrected chi connectivity index (χ3v) is 6.24. The Hall–Kier alpha value is -3.67. The van der Waals surface area contributed by atoms with E-state index in [4.69, 9.17) is 5.73 Å². The first-order valence-corrected chi connectivity index (χ1v) is 12.3. The Kier molecular flexibility index (Phi) is 10.9. The number of nitrogens with one attached hydrogen (secondary N) is 1. The van der Waals surface area contributed by atoms with Crippen molar-refractivity contribution in [1.29, 1.82) is 0 Å². The summed E-state index contributed by atoms with van der Waals surface area (Å²) in [6.45, 7) is 0.840. The lowest BCUT2D eigenvalue weighted by molar-refractivity contribution is -0.167. The largest absolute Gasteiger partial charge is 0.450 e. The van der Waals surface area contributed by atoms with Crippen LogP contribution in [0.25, 0.3) is 0 Å². The van der Waals surface area contributed by atoms with Crippen LogP contribution in [0.15, 0.2) is 54.6 Å². The van der Waals surface area contributed by atoms with Crippen molar-refractivity contribution in [1.82, 2.24) is 5.32 Å². The van der Waals surface area contributed by atoms with Gasteiger partial charge < -0.3 is 11.1 Å². The van der Waals surface area contributed by atoms with E-state index in [1.165, 1.54) is 31.2 Å². The smallest absolute Gasteiger partial charge is 0.368 e. The van der Waals surface area contributed by atoms with Gasteiger partial charge in [-0.2, -0.15) is 24.9 Å². The van der Waals surface area contributed by atoms with E-state index < -0.39 is 48.0 Å². The second-order valence-corrected chi connectivity index (χ2v) is 9.06. The number of Topliss-reactive ketones (excluding diaryl/α,β-unsaturated/α-hetero) is 2. The fraction of sp³-hybridized carbons (Fsp3) is 0.320. The van der Waals surface area contributed by atoms with Gasteiger partial charge in [0.1, 0.15) is 6.04 Å². The predicted octanol–water partition coefficient (Wildman–Crippen LogP) is 3.15. The van der Waals surface area contributed by atoms with E-state index in [-0.39, 0.29) is 35.6 Å². The minimum atomic E-state index is -4.92. The highest BCUT2D eigenvalue weighted by atomic mass is 32.2. The fourth-order valence-electron chi connectivity index (χ4n) is 3.33. The molecule has 0 unspecified atom stereocenters. The molecule has 0 saturated heterocycles. The molecule has 0 saturated carbocycles. The summed E-state index contributed by atoms with van der Waals surface area (Å²) in [5.74, 6) is -4.90. The second kappa shape index (κ2) is 13.6. The number of benzene rings is 2.